The SMILES string of the molecule is O=c1oc(-c2ccccc2)nc2c1oc1ccc(Cl)cc12. The van der Waals surface area contributed by atoms with Gasteiger partial charge in [-0.3, -0.25) is 0 Å². The van der Waals surface area contributed by atoms with Crippen molar-refractivity contribution in [1.82, 2.24) is 4.98 Å². The molecule has 0 bridgehead atoms. The van der Waals surface area contributed by atoms with Crippen LogP contribution in [0, 0.1) is 0 Å². The molecule has 0 fully saturated rings. The Morgan fingerprint density at radius 2 is 1.81 bits per heavy atom. The molecular formula is C16H8ClNO3. The molecule has 0 N–H and O–H groups in total. The van der Waals surface area contributed by atoms with Gasteiger partial charge in [0.15, 0.2) is 0 Å². The highest BCUT2D eigenvalue weighted by molar-refractivity contribution is 6.31. The first-order valence-corrected chi connectivity index (χ1v) is 6.68. The maximum absolute atomic E-state index is 12.1. The number of hydrogen-bond acceptors (Lipinski definition) is 4. The second-order valence-electron chi connectivity index (χ2n) is 4.59. The lowest BCUT2D eigenvalue weighted by Gasteiger charge is -1.98. The molecule has 0 saturated heterocycles. The van der Waals surface area contributed by atoms with Crippen LogP contribution in [0.1, 0.15) is 0 Å². The lowest BCUT2D eigenvalue weighted by Crippen LogP contribution is -2.00. The number of aromatic nitrogens is 1. The predicted octanol–water partition coefficient (Wildman–Crippen LogP) is 4.25. The van der Waals surface area contributed by atoms with Gasteiger partial charge in [-0.1, -0.05) is 29.8 Å². The quantitative estimate of drug-likeness (QED) is 0.527. The first-order valence-electron chi connectivity index (χ1n) is 6.31. The molecular weight excluding hydrogens is 290 g/mol. The third kappa shape index (κ3) is 1.92. The number of fused-ring (bicyclic) bond motifs is 3. The minimum atomic E-state index is -0.550. The van der Waals surface area contributed by atoms with Crippen molar-refractivity contribution >= 4 is 33.7 Å². The molecule has 0 radical (unpaired) electrons. The monoisotopic (exact) mass is 297 g/mol. The molecule has 0 spiro atoms. The van der Waals surface area contributed by atoms with Gasteiger partial charge in [-0.25, -0.2) is 9.78 Å². The molecule has 0 aliphatic rings. The standard InChI is InChI=1S/C16H8ClNO3/c17-10-6-7-12-11(8-10)13-14(20-12)16(19)21-15(18-13)9-4-2-1-3-5-9/h1-8H. The molecule has 0 unspecified atom stereocenters. The normalized spacial score (nSPS) is 11.3. The Hall–Kier alpha value is -2.59. The van der Waals surface area contributed by atoms with Gasteiger partial charge in [0, 0.05) is 16.0 Å². The fourth-order valence-corrected chi connectivity index (χ4v) is 2.44. The topological polar surface area (TPSA) is 56.2 Å². The summed E-state index contributed by atoms with van der Waals surface area (Å²) < 4.78 is 10.7. The van der Waals surface area contributed by atoms with Crippen molar-refractivity contribution in [2.24, 2.45) is 0 Å². The van der Waals surface area contributed by atoms with Crippen LogP contribution < -0.4 is 5.63 Å². The molecule has 21 heavy (non-hydrogen) atoms. The second kappa shape index (κ2) is 4.46. The number of furan rings is 1. The van der Waals surface area contributed by atoms with Crippen LogP contribution in [0.15, 0.2) is 62.2 Å². The lowest BCUT2D eigenvalue weighted by molar-refractivity contribution is 0.500. The Kier molecular flexibility index (Phi) is 2.59. The van der Waals surface area contributed by atoms with Crippen LogP contribution in [0.25, 0.3) is 33.5 Å². The van der Waals surface area contributed by atoms with Crippen molar-refractivity contribution in [3.8, 4) is 11.5 Å². The fourth-order valence-electron chi connectivity index (χ4n) is 2.27. The van der Waals surface area contributed by atoms with E-state index in [0.29, 0.717) is 21.5 Å². The molecule has 2 heterocycles. The average Bonchev–Trinajstić information content (AvgIpc) is 2.87. The van der Waals surface area contributed by atoms with Crippen molar-refractivity contribution in [3.05, 3.63) is 64.0 Å². The minimum absolute atomic E-state index is 0.104. The van der Waals surface area contributed by atoms with Gasteiger partial charge in [-0.2, -0.15) is 0 Å². The summed E-state index contributed by atoms with van der Waals surface area (Å²) in [6.07, 6.45) is 0. The van der Waals surface area contributed by atoms with Gasteiger partial charge in [0.25, 0.3) is 0 Å². The van der Waals surface area contributed by atoms with Gasteiger partial charge >= 0.3 is 5.63 Å². The molecule has 2 aromatic carbocycles. The van der Waals surface area contributed by atoms with Crippen LogP contribution in [0.2, 0.25) is 5.02 Å². The van der Waals surface area contributed by atoms with E-state index in [1.807, 2.05) is 30.3 Å². The maximum Gasteiger partial charge on any atom is 0.383 e. The molecule has 4 aromatic rings. The first kappa shape index (κ1) is 12.2. The first-order chi connectivity index (χ1) is 10.2. The van der Waals surface area contributed by atoms with E-state index in [1.165, 1.54) is 0 Å². The van der Waals surface area contributed by atoms with Crippen LogP contribution in [0.5, 0.6) is 0 Å². The summed E-state index contributed by atoms with van der Waals surface area (Å²) in [5.74, 6) is 0.260. The zero-order valence-corrected chi connectivity index (χ0v) is 11.4. The van der Waals surface area contributed by atoms with Crippen LogP contribution in [0.3, 0.4) is 0 Å². The summed E-state index contributed by atoms with van der Waals surface area (Å²) >= 11 is 6.00. The van der Waals surface area contributed by atoms with E-state index in [9.17, 15) is 4.79 Å². The average molecular weight is 298 g/mol. The van der Waals surface area contributed by atoms with E-state index < -0.39 is 5.63 Å². The molecule has 0 amide bonds. The minimum Gasteiger partial charge on any atom is -0.447 e. The molecule has 2 aromatic heterocycles. The number of hydrogen-bond donors (Lipinski definition) is 0. The molecule has 0 saturated carbocycles. The molecule has 4 nitrogen and oxygen atoms in total. The smallest absolute Gasteiger partial charge is 0.383 e. The maximum atomic E-state index is 12.1. The van der Waals surface area contributed by atoms with Crippen molar-refractivity contribution in [1.29, 1.82) is 0 Å². The molecule has 0 atom stereocenters. The predicted molar refractivity (Wildman–Crippen MR) is 80.5 cm³/mol. The highest BCUT2D eigenvalue weighted by Gasteiger charge is 2.16. The third-order valence-electron chi connectivity index (χ3n) is 3.23. The van der Waals surface area contributed by atoms with E-state index in [1.54, 1.807) is 18.2 Å². The highest BCUT2D eigenvalue weighted by atomic mass is 35.5. The number of nitrogens with zero attached hydrogens (tertiary/aromatic N) is 1. The molecule has 4 rings (SSSR count). The molecule has 5 heteroatoms. The summed E-state index contributed by atoms with van der Waals surface area (Å²) in [7, 11) is 0. The summed E-state index contributed by atoms with van der Waals surface area (Å²) in [5.41, 5.74) is 1.30. The van der Waals surface area contributed by atoms with Crippen LogP contribution in [-0.2, 0) is 0 Å². The third-order valence-corrected chi connectivity index (χ3v) is 3.47. The van der Waals surface area contributed by atoms with E-state index in [-0.39, 0.29) is 11.5 Å². The number of halogens is 1. The summed E-state index contributed by atoms with van der Waals surface area (Å²) in [4.78, 5) is 16.5. The number of benzene rings is 2. The van der Waals surface area contributed by atoms with E-state index in [4.69, 9.17) is 20.4 Å². The van der Waals surface area contributed by atoms with Gasteiger partial charge in [-0.05, 0) is 30.3 Å². The van der Waals surface area contributed by atoms with Crippen molar-refractivity contribution in [3.63, 3.8) is 0 Å². The second-order valence-corrected chi connectivity index (χ2v) is 5.03. The Labute approximate surface area is 123 Å². The van der Waals surface area contributed by atoms with Gasteiger partial charge in [-0.15, -0.1) is 0 Å². The summed E-state index contributed by atoms with van der Waals surface area (Å²) in [6.45, 7) is 0. The van der Waals surface area contributed by atoms with Crippen molar-refractivity contribution in [2.45, 2.75) is 0 Å². The van der Waals surface area contributed by atoms with E-state index in [0.717, 1.165) is 5.56 Å². The van der Waals surface area contributed by atoms with E-state index in [2.05, 4.69) is 4.98 Å². The zero-order chi connectivity index (χ0) is 14.4. The summed E-state index contributed by atoms with van der Waals surface area (Å²) in [6, 6.07) is 14.4. The van der Waals surface area contributed by atoms with Crippen molar-refractivity contribution in [2.75, 3.05) is 0 Å². The van der Waals surface area contributed by atoms with Gasteiger partial charge < -0.3 is 8.83 Å². The largest absolute Gasteiger partial charge is 0.447 e. The highest BCUT2D eigenvalue weighted by Crippen LogP contribution is 2.29. The van der Waals surface area contributed by atoms with E-state index >= 15 is 0 Å². The zero-order valence-electron chi connectivity index (χ0n) is 10.7. The number of rotatable bonds is 1. The van der Waals surface area contributed by atoms with Crippen LogP contribution in [0.4, 0.5) is 0 Å². The molecule has 0 aliphatic carbocycles. The Bertz CT molecular complexity index is 1020. The molecule has 0 aliphatic heterocycles. The Balaban J connectivity index is 2.11. The van der Waals surface area contributed by atoms with Gasteiger partial charge in [0.1, 0.15) is 11.1 Å². The lowest BCUT2D eigenvalue weighted by atomic mass is 10.2. The molecule has 102 valence electrons. The van der Waals surface area contributed by atoms with Crippen LogP contribution >= 0.6 is 11.6 Å². The van der Waals surface area contributed by atoms with Gasteiger partial charge in [0.05, 0.1) is 0 Å². The Morgan fingerprint density at radius 3 is 2.62 bits per heavy atom. The summed E-state index contributed by atoms with van der Waals surface area (Å²) in [5, 5.41) is 1.25. The Morgan fingerprint density at radius 1 is 1.00 bits per heavy atom. The van der Waals surface area contributed by atoms with Gasteiger partial charge in [0.2, 0.25) is 11.5 Å². The van der Waals surface area contributed by atoms with Crippen molar-refractivity contribution < 1.29 is 8.83 Å². The van der Waals surface area contributed by atoms with Crippen LogP contribution in [-0.4, -0.2) is 4.98 Å². The fraction of sp³-hybridized carbons (Fsp3) is 0.